The van der Waals surface area contributed by atoms with Crippen molar-refractivity contribution in [2.45, 2.75) is 40.0 Å². The molecule has 0 amide bonds. The summed E-state index contributed by atoms with van der Waals surface area (Å²) >= 11 is 0. The maximum atomic E-state index is 13.1. The number of hydrogen-bond donors (Lipinski definition) is 0. The summed E-state index contributed by atoms with van der Waals surface area (Å²) in [6, 6.07) is 7.47. The first kappa shape index (κ1) is 17.2. The first-order valence-electron chi connectivity index (χ1n) is 7.54. The van der Waals surface area contributed by atoms with Gasteiger partial charge in [-0.2, -0.15) is 13.8 Å². The van der Waals surface area contributed by atoms with Gasteiger partial charge in [0.25, 0.3) is 0 Å². The van der Waals surface area contributed by atoms with Gasteiger partial charge in [0, 0.05) is 18.5 Å². The zero-order chi connectivity index (χ0) is 17.0. The summed E-state index contributed by atoms with van der Waals surface area (Å²) in [6.45, 7) is 6.24. The summed E-state index contributed by atoms with van der Waals surface area (Å²) in [4.78, 5) is 19.6. The van der Waals surface area contributed by atoms with Crippen LogP contribution in [-0.2, 0) is 6.42 Å². The average Bonchev–Trinajstić information content (AvgIpc) is 2.43. The van der Waals surface area contributed by atoms with Crippen molar-refractivity contribution < 1.29 is 13.6 Å². The SMILES string of the molecule is CC(C)(C)CCC(=O)c1cccc(Cc2cc(F)nc(F)c2)n1. The number of pyridine rings is 2. The number of halogens is 2. The second-order valence-corrected chi connectivity index (χ2v) is 6.80. The molecule has 2 aromatic heterocycles. The minimum atomic E-state index is -0.864. The molecule has 0 radical (unpaired) electrons. The lowest BCUT2D eigenvalue weighted by atomic mass is 9.89. The van der Waals surface area contributed by atoms with Crippen LogP contribution in [0, 0.1) is 17.3 Å². The Balaban J connectivity index is 2.11. The van der Waals surface area contributed by atoms with Crippen molar-refractivity contribution >= 4 is 5.78 Å². The van der Waals surface area contributed by atoms with E-state index < -0.39 is 11.9 Å². The zero-order valence-electron chi connectivity index (χ0n) is 13.6. The molecule has 2 aromatic rings. The molecule has 0 spiro atoms. The van der Waals surface area contributed by atoms with Crippen LogP contribution in [0.3, 0.4) is 0 Å². The normalized spacial score (nSPS) is 11.5. The van der Waals surface area contributed by atoms with E-state index in [1.807, 2.05) is 0 Å². The Labute approximate surface area is 134 Å². The summed E-state index contributed by atoms with van der Waals surface area (Å²) in [5, 5.41) is 0. The number of ketones is 1. The van der Waals surface area contributed by atoms with Gasteiger partial charge < -0.3 is 0 Å². The van der Waals surface area contributed by atoms with Crippen LogP contribution in [-0.4, -0.2) is 15.8 Å². The molecule has 0 aliphatic heterocycles. The highest BCUT2D eigenvalue weighted by atomic mass is 19.1. The van der Waals surface area contributed by atoms with Gasteiger partial charge in [0.05, 0.1) is 0 Å². The third kappa shape index (κ3) is 5.51. The number of nitrogens with zero attached hydrogens (tertiary/aromatic N) is 2. The number of aromatic nitrogens is 2. The third-order valence-corrected chi connectivity index (χ3v) is 3.40. The molecule has 2 rings (SSSR count). The molecule has 122 valence electrons. The van der Waals surface area contributed by atoms with Gasteiger partial charge in [-0.3, -0.25) is 4.79 Å². The van der Waals surface area contributed by atoms with Crippen molar-refractivity contribution in [1.29, 1.82) is 0 Å². The van der Waals surface area contributed by atoms with Crippen molar-refractivity contribution in [3.63, 3.8) is 0 Å². The molecule has 3 nitrogen and oxygen atoms in total. The standard InChI is InChI=1S/C18H20F2N2O/c1-18(2,3)8-7-15(23)14-6-4-5-13(21-14)9-12-10-16(19)22-17(20)11-12/h4-6,10-11H,7-9H2,1-3H3. The van der Waals surface area contributed by atoms with Crippen LogP contribution >= 0.6 is 0 Å². The topological polar surface area (TPSA) is 42.9 Å². The van der Waals surface area contributed by atoms with Gasteiger partial charge in [-0.15, -0.1) is 0 Å². The molecule has 0 aromatic carbocycles. The minimum Gasteiger partial charge on any atom is -0.292 e. The molecule has 5 heteroatoms. The van der Waals surface area contributed by atoms with E-state index in [-0.39, 0.29) is 17.6 Å². The first-order chi connectivity index (χ1) is 10.7. The Hall–Kier alpha value is -2.17. The van der Waals surface area contributed by atoms with Gasteiger partial charge in [-0.25, -0.2) is 4.98 Å². The molecule has 0 aliphatic rings. The highest BCUT2D eigenvalue weighted by Gasteiger charge is 2.15. The number of hydrogen-bond acceptors (Lipinski definition) is 3. The molecule has 2 heterocycles. The van der Waals surface area contributed by atoms with Crippen LogP contribution in [0.5, 0.6) is 0 Å². The highest BCUT2D eigenvalue weighted by molar-refractivity contribution is 5.94. The van der Waals surface area contributed by atoms with Crippen LogP contribution in [0.15, 0.2) is 30.3 Å². The summed E-state index contributed by atoms with van der Waals surface area (Å²) in [7, 11) is 0. The fourth-order valence-corrected chi connectivity index (χ4v) is 2.18. The summed E-state index contributed by atoms with van der Waals surface area (Å²) in [6.07, 6.45) is 1.45. The molecule has 0 atom stereocenters. The maximum absolute atomic E-state index is 13.1. The first-order valence-corrected chi connectivity index (χ1v) is 7.54. The maximum Gasteiger partial charge on any atom is 0.215 e. The molecule has 23 heavy (non-hydrogen) atoms. The van der Waals surface area contributed by atoms with E-state index in [1.54, 1.807) is 18.2 Å². The molecule has 0 saturated carbocycles. The summed E-state index contributed by atoms with van der Waals surface area (Å²) in [5.41, 5.74) is 1.50. The number of Topliss-reactive ketones (excluding diaryl/α,β-unsaturated/α-hetero) is 1. The third-order valence-electron chi connectivity index (χ3n) is 3.40. The lowest BCUT2D eigenvalue weighted by molar-refractivity contribution is 0.0961. The van der Waals surface area contributed by atoms with Gasteiger partial charge in [0.15, 0.2) is 5.78 Å². The molecule has 0 saturated heterocycles. The fourth-order valence-electron chi connectivity index (χ4n) is 2.18. The van der Waals surface area contributed by atoms with Gasteiger partial charge in [0.1, 0.15) is 5.69 Å². The Kier molecular flexibility index (Phi) is 5.19. The predicted octanol–water partition coefficient (Wildman–Crippen LogP) is 4.35. The van der Waals surface area contributed by atoms with Gasteiger partial charge in [-0.1, -0.05) is 26.8 Å². The molecular formula is C18H20F2N2O. The Morgan fingerprint density at radius 2 is 1.74 bits per heavy atom. The van der Waals surface area contributed by atoms with Crippen molar-refractivity contribution in [2.24, 2.45) is 5.41 Å². The Morgan fingerprint density at radius 1 is 1.09 bits per heavy atom. The summed E-state index contributed by atoms with van der Waals surface area (Å²) in [5.74, 6) is -1.75. The van der Waals surface area contributed by atoms with Gasteiger partial charge in [-0.05, 0) is 41.7 Å². The largest absolute Gasteiger partial charge is 0.292 e. The zero-order valence-corrected chi connectivity index (χ0v) is 13.6. The van der Waals surface area contributed by atoms with E-state index in [1.165, 1.54) is 12.1 Å². The quantitative estimate of drug-likeness (QED) is 0.608. The molecular weight excluding hydrogens is 298 g/mol. The van der Waals surface area contributed by atoms with E-state index in [0.717, 1.165) is 6.42 Å². The van der Waals surface area contributed by atoms with Crippen LogP contribution in [0.1, 0.15) is 55.4 Å². The smallest absolute Gasteiger partial charge is 0.215 e. The second kappa shape index (κ2) is 6.94. The van der Waals surface area contributed by atoms with E-state index in [4.69, 9.17) is 0 Å². The molecule has 0 N–H and O–H groups in total. The lowest BCUT2D eigenvalue weighted by Crippen LogP contribution is -2.11. The minimum absolute atomic E-state index is 0.0196. The van der Waals surface area contributed by atoms with Crippen LogP contribution < -0.4 is 0 Å². The summed E-state index contributed by atoms with van der Waals surface area (Å²) < 4.78 is 26.2. The van der Waals surface area contributed by atoms with E-state index >= 15 is 0 Å². The van der Waals surface area contributed by atoms with Crippen molar-refractivity contribution in [3.05, 3.63) is 59.2 Å². The number of carbonyl (C=O) groups is 1. The van der Waals surface area contributed by atoms with Gasteiger partial charge >= 0.3 is 0 Å². The highest BCUT2D eigenvalue weighted by Crippen LogP contribution is 2.22. The fraction of sp³-hybridized carbons (Fsp3) is 0.389. The lowest BCUT2D eigenvalue weighted by Gasteiger charge is -2.16. The molecule has 0 bridgehead atoms. The van der Waals surface area contributed by atoms with Crippen LogP contribution in [0.25, 0.3) is 0 Å². The van der Waals surface area contributed by atoms with E-state index in [9.17, 15) is 13.6 Å². The van der Waals surface area contributed by atoms with E-state index in [2.05, 4.69) is 30.7 Å². The van der Waals surface area contributed by atoms with Crippen LogP contribution in [0.4, 0.5) is 8.78 Å². The molecule has 0 unspecified atom stereocenters. The monoisotopic (exact) mass is 318 g/mol. The van der Waals surface area contributed by atoms with Crippen LogP contribution in [0.2, 0.25) is 0 Å². The predicted molar refractivity (Wildman–Crippen MR) is 84.2 cm³/mol. The van der Waals surface area contributed by atoms with E-state index in [0.29, 0.717) is 23.4 Å². The van der Waals surface area contributed by atoms with Gasteiger partial charge in [0.2, 0.25) is 11.9 Å². The van der Waals surface area contributed by atoms with Crippen molar-refractivity contribution in [2.75, 3.05) is 0 Å². The number of rotatable bonds is 5. The Morgan fingerprint density at radius 3 is 2.35 bits per heavy atom. The second-order valence-electron chi connectivity index (χ2n) is 6.80. The average molecular weight is 318 g/mol. The Bertz CT molecular complexity index is 688. The van der Waals surface area contributed by atoms with Crippen molar-refractivity contribution in [3.8, 4) is 0 Å². The molecule has 0 aliphatic carbocycles. The van der Waals surface area contributed by atoms with Crippen molar-refractivity contribution in [1.82, 2.24) is 9.97 Å². The molecule has 0 fully saturated rings. The number of carbonyl (C=O) groups excluding carboxylic acids is 1.